The number of hydrogen-bond donors (Lipinski definition) is 3. The molecule has 3 N–H and O–H groups in total. The zero-order chi connectivity index (χ0) is 102. The fourth-order valence-electron chi connectivity index (χ4n) is 19.1. The van der Waals surface area contributed by atoms with Gasteiger partial charge in [-0.25, -0.2) is 0 Å². The number of phenols is 3. The van der Waals surface area contributed by atoms with Crippen LogP contribution in [0, 0.1) is 35.0 Å². The van der Waals surface area contributed by atoms with Crippen molar-refractivity contribution in [1.82, 2.24) is 0 Å². The van der Waals surface area contributed by atoms with E-state index < -0.39 is 0 Å². The lowest BCUT2D eigenvalue weighted by molar-refractivity contribution is -0.204. The van der Waals surface area contributed by atoms with Crippen LogP contribution in [0.3, 0.4) is 0 Å². The molecule has 14 rings (SSSR count). The summed E-state index contributed by atoms with van der Waals surface area (Å²) in [5, 5.41) is 27.0. The van der Waals surface area contributed by atoms with Crippen LogP contribution in [0.15, 0.2) is 224 Å². The van der Waals surface area contributed by atoms with Crippen LogP contribution in [0.4, 0.5) is 0 Å². The van der Waals surface area contributed by atoms with E-state index in [4.69, 9.17) is 62.7 Å². The van der Waals surface area contributed by atoms with Crippen LogP contribution in [-0.2, 0) is 29.1 Å². The van der Waals surface area contributed by atoms with Crippen molar-refractivity contribution in [2.24, 2.45) is 35.0 Å². The SMILES string of the molecule is CCC(C)c1ccc(O)cc1.CCC(C)c1ccc(O)cc1.CCC(C)c1ccc(O)cc1.CCC(C)c1ccc(OC(C)OC)cc1.CCC(C)c1ccc(OC(C)OCCC2CCCCC2)cc1.CCC(C)c1ccc(OC(OC(C)(C)C)C(C)(C)c2ccccc2)cc1.CCC(C)c1ccc(OC(OC2CC3CCC2C3)C2(C)CC3CCC2C3)cc1.CCOC(C)Oc1ccc(C(C)CC)cc1. The van der Waals surface area contributed by atoms with Crippen molar-refractivity contribution in [3.8, 4) is 46.0 Å². The number of ether oxygens (including phenoxy) is 10. The molecule has 0 radical (unpaired) electrons. The lowest BCUT2D eigenvalue weighted by Gasteiger charge is -2.42. The fourth-order valence-corrected chi connectivity index (χ4v) is 19.1. The monoisotopic (exact) mass is 1920 g/mol. The molecule has 0 heterocycles. The normalized spacial score (nSPS) is 20.1. The number of aromatic hydroxyl groups is 3. The van der Waals surface area contributed by atoms with E-state index in [-0.39, 0.29) is 47.9 Å². The Kier molecular flexibility index (Phi) is 51.8. The van der Waals surface area contributed by atoms with Gasteiger partial charge in [-0.15, -0.1) is 0 Å². The lowest BCUT2D eigenvalue weighted by Crippen LogP contribution is -2.45. The van der Waals surface area contributed by atoms with E-state index in [0.29, 0.717) is 77.3 Å². The topological polar surface area (TPSA) is 153 Å². The highest BCUT2D eigenvalue weighted by Gasteiger charge is 2.55. The third kappa shape index (κ3) is 40.1. The molecule has 0 aromatic heterocycles. The summed E-state index contributed by atoms with van der Waals surface area (Å²) >= 11 is 0. The van der Waals surface area contributed by atoms with Crippen molar-refractivity contribution in [2.45, 2.75) is 417 Å². The van der Waals surface area contributed by atoms with Crippen LogP contribution in [0.25, 0.3) is 0 Å². The third-order valence-corrected chi connectivity index (χ3v) is 30.5. The Morgan fingerprint density at radius 2 is 0.671 bits per heavy atom. The number of phenolic OH excluding ortho intramolecular Hbond substituents is 3. The van der Waals surface area contributed by atoms with Crippen LogP contribution in [0.2, 0.25) is 0 Å². The highest BCUT2D eigenvalue weighted by atomic mass is 16.7. The van der Waals surface area contributed by atoms with E-state index >= 15 is 0 Å². The fraction of sp³-hybridized carbons (Fsp3) is 0.575. The minimum absolute atomic E-state index is 0.0819. The van der Waals surface area contributed by atoms with Gasteiger partial charge in [0.2, 0.25) is 12.6 Å². The second-order valence-electron chi connectivity index (χ2n) is 42.7. The zero-order valence-electron chi connectivity index (χ0n) is 91.7. The standard InChI is InChI=1S/C26H38O2.C24H34O2.C20H32O2.C14H22O2.C13H20O2.3C10H14O/c1-4-17(2)20-8-11-23(12-9-20)27-25(26(3)16-19-6-10-22(26)14-19)28-24-15-18-5-7-21(24)13-18;1-8-18(2)19-14-16-21(17-15-19)25-22(26-23(3,4)5)24(6,7)20-12-10-9-11-13-20;1-4-16(2)19-10-12-20(13-11-19)22-17(3)21-15-14-18-8-6-5-7-9-18;1-5-11(3)13-7-9-14(10-8-13)16-12(4)15-6-2;1-5-10(2)12-6-8-13(9-7-12)15-11(3)14-4;3*1-3-8(2)9-4-6-10(11)7-5-9/h8-9,11-12,17-19,21-22,24-25H,4-7,10,13-16H2,1-3H3;9-18,22H,8H2,1-7H3;10-13,16-18H,4-9,14-15H2,1-3H3;7-12H,5-6H2,1-4H3;6-11H,5H2,1-4H3;3*4-8,11H,3H2,1-2H3. The summed E-state index contributed by atoms with van der Waals surface area (Å²) in [6.07, 6.45) is 27.7. The highest BCUT2D eigenvalue weighted by molar-refractivity contribution is 5.36. The van der Waals surface area contributed by atoms with Crippen molar-refractivity contribution < 1.29 is 62.7 Å². The summed E-state index contributed by atoms with van der Waals surface area (Å²) in [4.78, 5) is 0. The number of hydrogen-bond acceptors (Lipinski definition) is 13. The zero-order valence-corrected chi connectivity index (χ0v) is 91.7. The molecule has 140 heavy (non-hydrogen) atoms. The van der Waals surface area contributed by atoms with Crippen LogP contribution in [0.5, 0.6) is 46.0 Å². The van der Waals surface area contributed by atoms with Crippen LogP contribution >= 0.6 is 0 Å². The van der Waals surface area contributed by atoms with Gasteiger partial charge in [-0.1, -0.05) is 284 Å². The van der Waals surface area contributed by atoms with E-state index in [0.717, 1.165) is 103 Å². The summed E-state index contributed by atoms with van der Waals surface area (Å²) < 4.78 is 59.4. The molecule has 13 heteroatoms. The number of rotatable bonds is 39. The first-order chi connectivity index (χ1) is 66.9. The van der Waals surface area contributed by atoms with E-state index in [9.17, 15) is 0 Å². The Hall–Kier alpha value is -8.82. The maximum absolute atomic E-state index is 9.01. The molecule has 5 saturated carbocycles. The molecule has 0 aliphatic heterocycles. The third-order valence-electron chi connectivity index (χ3n) is 30.5. The summed E-state index contributed by atoms with van der Waals surface area (Å²) in [5.41, 5.74) is 11.5. The first-order valence-corrected chi connectivity index (χ1v) is 54.3. The van der Waals surface area contributed by atoms with Gasteiger partial charge in [0.25, 0.3) is 0 Å². The second-order valence-corrected chi connectivity index (χ2v) is 42.7. The van der Waals surface area contributed by atoms with E-state index in [1.807, 2.05) is 94.4 Å². The first kappa shape index (κ1) is 118. The molecule has 0 saturated heterocycles. The Balaban J connectivity index is 0.000000223. The number of benzene rings is 9. The van der Waals surface area contributed by atoms with Crippen LogP contribution < -0.4 is 23.7 Å². The van der Waals surface area contributed by atoms with Crippen molar-refractivity contribution in [2.75, 3.05) is 20.3 Å². The Morgan fingerprint density at radius 1 is 0.343 bits per heavy atom. The lowest BCUT2D eigenvalue weighted by atomic mass is 9.74. The summed E-state index contributed by atoms with van der Waals surface area (Å²) in [6, 6.07) is 74.9. The van der Waals surface area contributed by atoms with Gasteiger partial charge < -0.3 is 62.7 Å². The highest BCUT2D eigenvalue weighted by Crippen LogP contribution is 2.59. The van der Waals surface area contributed by atoms with Gasteiger partial charge in [-0.3, -0.25) is 0 Å². The maximum Gasteiger partial charge on any atom is 0.209 e. The molecule has 5 aliphatic carbocycles. The van der Waals surface area contributed by atoms with Gasteiger partial charge in [-0.2, -0.15) is 0 Å². The van der Waals surface area contributed by atoms with Gasteiger partial charge in [0.15, 0.2) is 18.9 Å². The predicted octanol–water partition coefficient (Wildman–Crippen LogP) is 35.8. The minimum Gasteiger partial charge on any atom is -0.508 e. The molecular weight excluding hydrogens is 1730 g/mol. The molecular formula is C127H188O13. The van der Waals surface area contributed by atoms with E-state index in [1.165, 1.54) is 153 Å². The van der Waals surface area contributed by atoms with Crippen molar-refractivity contribution >= 4 is 0 Å². The van der Waals surface area contributed by atoms with Crippen molar-refractivity contribution in [3.05, 3.63) is 275 Å². The molecule has 19 atom stereocenters. The minimum atomic E-state index is -0.389. The van der Waals surface area contributed by atoms with E-state index in [2.05, 4.69) is 274 Å². The van der Waals surface area contributed by atoms with Crippen molar-refractivity contribution in [1.29, 1.82) is 0 Å². The number of methoxy groups -OCH3 is 1. The average molecular weight is 1920 g/mol. The average Bonchev–Trinajstić information content (AvgIpc) is 1.59. The smallest absolute Gasteiger partial charge is 0.209 e. The van der Waals surface area contributed by atoms with Crippen molar-refractivity contribution in [3.63, 3.8) is 0 Å². The van der Waals surface area contributed by atoms with Gasteiger partial charge in [0.05, 0.1) is 23.7 Å². The molecule has 0 amide bonds. The number of fused-ring (bicyclic) bond motifs is 4. The van der Waals surface area contributed by atoms with E-state index in [1.54, 1.807) is 43.5 Å². The predicted molar refractivity (Wildman–Crippen MR) is 585 cm³/mol. The molecule has 5 aliphatic rings. The summed E-state index contributed by atoms with van der Waals surface area (Å²) in [6.45, 7) is 57.6. The Morgan fingerprint density at radius 3 is 0.971 bits per heavy atom. The molecule has 13 nitrogen and oxygen atoms in total. The molecule has 19 unspecified atom stereocenters. The van der Waals surface area contributed by atoms with Gasteiger partial charge in [-0.05, 0) is 389 Å². The van der Waals surface area contributed by atoms with Gasteiger partial charge in [0.1, 0.15) is 46.0 Å². The maximum atomic E-state index is 9.01. The van der Waals surface area contributed by atoms with Crippen LogP contribution in [-0.4, -0.2) is 78.8 Å². The first-order valence-electron chi connectivity index (χ1n) is 54.3. The Bertz CT molecular complexity index is 4600. The summed E-state index contributed by atoms with van der Waals surface area (Å²) in [5.74, 6) is 14.5. The largest absolute Gasteiger partial charge is 0.508 e. The molecule has 9 aromatic carbocycles. The molecule has 5 fully saturated rings. The Labute approximate surface area is 850 Å². The molecule has 774 valence electrons. The second kappa shape index (κ2) is 61.3. The molecule has 0 spiro atoms. The van der Waals surface area contributed by atoms with Crippen LogP contribution in [0.1, 0.15) is 419 Å². The molecule has 9 aromatic rings. The summed E-state index contributed by atoms with van der Waals surface area (Å²) in [7, 11) is 1.64. The van der Waals surface area contributed by atoms with Gasteiger partial charge >= 0.3 is 0 Å². The van der Waals surface area contributed by atoms with Gasteiger partial charge in [0, 0.05) is 19.1 Å². The molecule has 4 bridgehead atoms. The quantitative estimate of drug-likeness (QED) is 0.0314.